The molecule has 0 bridgehead atoms. The predicted octanol–water partition coefficient (Wildman–Crippen LogP) is 2.19. The first kappa shape index (κ1) is 17.1. The summed E-state index contributed by atoms with van der Waals surface area (Å²) in [6.07, 6.45) is 6.92. The Labute approximate surface area is 147 Å². The largest absolute Gasteiger partial charge is 0.478 e. The fraction of sp³-hybridized carbons (Fsp3) is 0.444. The minimum Gasteiger partial charge on any atom is -0.478 e. The van der Waals surface area contributed by atoms with Crippen LogP contribution < -0.4 is 15.0 Å². The van der Waals surface area contributed by atoms with Gasteiger partial charge in [-0.25, -0.2) is 15.0 Å². The van der Waals surface area contributed by atoms with Gasteiger partial charge >= 0.3 is 0 Å². The Kier molecular flexibility index (Phi) is 5.77. The summed E-state index contributed by atoms with van der Waals surface area (Å²) in [4.78, 5) is 27.4. The molecule has 1 N–H and O–H groups in total. The number of carbonyl (C=O) groups is 1. The summed E-state index contributed by atoms with van der Waals surface area (Å²) in [6.45, 7) is 4.78. The van der Waals surface area contributed by atoms with Gasteiger partial charge in [-0.15, -0.1) is 0 Å². The number of anilines is 1. The third kappa shape index (κ3) is 4.65. The highest BCUT2D eigenvalue weighted by Gasteiger charge is 2.13. The van der Waals surface area contributed by atoms with E-state index in [1.807, 2.05) is 13.0 Å². The van der Waals surface area contributed by atoms with E-state index in [2.05, 4.69) is 25.2 Å². The van der Waals surface area contributed by atoms with Gasteiger partial charge in [0.2, 0.25) is 5.88 Å². The van der Waals surface area contributed by atoms with Gasteiger partial charge in [-0.2, -0.15) is 0 Å². The van der Waals surface area contributed by atoms with Gasteiger partial charge in [0.15, 0.2) is 0 Å². The minimum atomic E-state index is -0.206. The SMILES string of the molecule is CCOc1ccc(C(=O)NCc2nccc(N3CCCCC3)n2)cn1. The normalized spacial score (nSPS) is 14.2. The topological polar surface area (TPSA) is 80.2 Å². The number of ether oxygens (including phenoxy) is 1. The highest BCUT2D eigenvalue weighted by molar-refractivity contribution is 5.93. The van der Waals surface area contributed by atoms with E-state index < -0.39 is 0 Å². The number of rotatable bonds is 6. The van der Waals surface area contributed by atoms with Crippen molar-refractivity contribution in [3.8, 4) is 5.88 Å². The number of aromatic nitrogens is 3. The molecule has 0 atom stereocenters. The molecule has 0 unspecified atom stereocenters. The zero-order chi connectivity index (χ0) is 17.5. The van der Waals surface area contributed by atoms with Crippen molar-refractivity contribution in [3.63, 3.8) is 0 Å². The van der Waals surface area contributed by atoms with E-state index >= 15 is 0 Å². The molecular formula is C18H23N5O2. The molecule has 0 saturated carbocycles. The lowest BCUT2D eigenvalue weighted by Crippen LogP contribution is -2.31. The molecule has 0 aliphatic carbocycles. The number of hydrogen-bond acceptors (Lipinski definition) is 6. The zero-order valence-corrected chi connectivity index (χ0v) is 14.4. The van der Waals surface area contributed by atoms with Gasteiger partial charge < -0.3 is 15.0 Å². The Hall–Kier alpha value is -2.70. The predicted molar refractivity (Wildman–Crippen MR) is 94.7 cm³/mol. The maximum absolute atomic E-state index is 12.2. The lowest BCUT2D eigenvalue weighted by atomic mass is 10.1. The van der Waals surface area contributed by atoms with Gasteiger partial charge in [0, 0.05) is 31.5 Å². The second kappa shape index (κ2) is 8.41. The molecule has 132 valence electrons. The Morgan fingerprint density at radius 3 is 2.76 bits per heavy atom. The smallest absolute Gasteiger partial charge is 0.253 e. The summed E-state index contributed by atoms with van der Waals surface area (Å²) in [5.41, 5.74) is 0.482. The van der Waals surface area contributed by atoms with Crippen molar-refractivity contribution in [1.82, 2.24) is 20.3 Å². The minimum absolute atomic E-state index is 0.206. The van der Waals surface area contributed by atoms with Gasteiger partial charge in [0.1, 0.15) is 11.6 Å². The van der Waals surface area contributed by atoms with Crippen LogP contribution in [0.1, 0.15) is 42.4 Å². The van der Waals surface area contributed by atoms with E-state index in [0.717, 1.165) is 18.9 Å². The van der Waals surface area contributed by atoms with Crippen molar-refractivity contribution in [2.75, 3.05) is 24.6 Å². The lowest BCUT2D eigenvalue weighted by Gasteiger charge is -2.27. The fourth-order valence-electron chi connectivity index (χ4n) is 2.78. The molecular weight excluding hydrogens is 318 g/mol. The molecule has 25 heavy (non-hydrogen) atoms. The monoisotopic (exact) mass is 341 g/mol. The Morgan fingerprint density at radius 1 is 1.20 bits per heavy atom. The van der Waals surface area contributed by atoms with Crippen molar-refractivity contribution in [3.05, 3.63) is 42.0 Å². The summed E-state index contributed by atoms with van der Waals surface area (Å²) in [7, 11) is 0. The van der Waals surface area contributed by atoms with E-state index in [-0.39, 0.29) is 12.5 Å². The first-order chi connectivity index (χ1) is 12.3. The van der Waals surface area contributed by atoms with Crippen LogP contribution in [-0.4, -0.2) is 40.6 Å². The van der Waals surface area contributed by atoms with Gasteiger partial charge in [-0.05, 0) is 38.3 Å². The third-order valence-corrected chi connectivity index (χ3v) is 4.07. The molecule has 1 aliphatic heterocycles. The van der Waals surface area contributed by atoms with E-state index in [0.29, 0.717) is 23.9 Å². The van der Waals surface area contributed by atoms with Crippen molar-refractivity contribution >= 4 is 11.7 Å². The average molecular weight is 341 g/mol. The van der Waals surface area contributed by atoms with E-state index in [1.165, 1.54) is 25.5 Å². The van der Waals surface area contributed by atoms with Crippen LogP contribution in [0.25, 0.3) is 0 Å². The molecule has 1 aliphatic rings. The fourth-order valence-corrected chi connectivity index (χ4v) is 2.78. The molecule has 7 heteroatoms. The second-order valence-electron chi connectivity index (χ2n) is 5.88. The molecule has 0 aromatic carbocycles. The number of pyridine rings is 1. The number of carbonyl (C=O) groups excluding carboxylic acids is 1. The van der Waals surface area contributed by atoms with Gasteiger partial charge in [-0.1, -0.05) is 0 Å². The van der Waals surface area contributed by atoms with Crippen LogP contribution in [0.3, 0.4) is 0 Å². The van der Waals surface area contributed by atoms with Crippen LogP contribution in [-0.2, 0) is 6.54 Å². The second-order valence-corrected chi connectivity index (χ2v) is 5.88. The maximum Gasteiger partial charge on any atom is 0.253 e. The van der Waals surface area contributed by atoms with Crippen molar-refractivity contribution < 1.29 is 9.53 Å². The lowest BCUT2D eigenvalue weighted by molar-refractivity contribution is 0.0949. The first-order valence-electron chi connectivity index (χ1n) is 8.70. The molecule has 3 heterocycles. The number of nitrogens with zero attached hydrogens (tertiary/aromatic N) is 4. The summed E-state index contributed by atoms with van der Waals surface area (Å²) >= 11 is 0. The molecule has 3 rings (SSSR count). The van der Waals surface area contributed by atoms with Crippen LogP contribution in [0.15, 0.2) is 30.6 Å². The molecule has 1 amide bonds. The average Bonchev–Trinajstić information content (AvgIpc) is 2.68. The van der Waals surface area contributed by atoms with Gasteiger partial charge in [-0.3, -0.25) is 4.79 Å². The Balaban J connectivity index is 1.58. The van der Waals surface area contributed by atoms with Crippen LogP contribution in [0, 0.1) is 0 Å². The Bertz CT molecular complexity index is 699. The molecule has 1 saturated heterocycles. The molecule has 1 fully saturated rings. The van der Waals surface area contributed by atoms with Crippen molar-refractivity contribution in [2.24, 2.45) is 0 Å². The number of nitrogens with one attached hydrogen (secondary N) is 1. The third-order valence-electron chi connectivity index (χ3n) is 4.07. The summed E-state index contributed by atoms with van der Waals surface area (Å²) in [6, 6.07) is 5.30. The van der Waals surface area contributed by atoms with Crippen molar-refractivity contribution in [2.45, 2.75) is 32.7 Å². The molecule has 2 aromatic heterocycles. The summed E-state index contributed by atoms with van der Waals surface area (Å²) in [5.74, 6) is 1.84. The van der Waals surface area contributed by atoms with Crippen molar-refractivity contribution in [1.29, 1.82) is 0 Å². The van der Waals surface area contributed by atoms with E-state index in [1.54, 1.807) is 18.3 Å². The van der Waals surface area contributed by atoms with Crippen LogP contribution >= 0.6 is 0 Å². The van der Waals surface area contributed by atoms with E-state index in [9.17, 15) is 4.79 Å². The standard InChI is InChI=1S/C18H23N5O2/c1-2-25-17-7-6-14(12-20-17)18(24)21-13-15-19-9-8-16(22-15)23-10-4-3-5-11-23/h6-9,12H,2-5,10-11,13H2,1H3,(H,21,24). The first-order valence-corrected chi connectivity index (χ1v) is 8.70. The van der Waals surface area contributed by atoms with E-state index in [4.69, 9.17) is 4.74 Å². The highest BCUT2D eigenvalue weighted by atomic mass is 16.5. The van der Waals surface area contributed by atoms with Gasteiger partial charge in [0.25, 0.3) is 5.91 Å². The van der Waals surface area contributed by atoms with Gasteiger partial charge in [0.05, 0.1) is 18.7 Å². The molecule has 2 aromatic rings. The summed E-state index contributed by atoms with van der Waals surface area (Å²) in [5, 5.41) is 2.83. The molecule has 7 nitrogen and oxygen atoms in total. The quantitative estimate of drug-likeness (QED) is 0.867. The number of piperidine rings is 1. The summed E-state index contributed by atoms with van der Waals surface area (Å²) < 4.78 is 5.27. The zero-order valence-electron chi connectivity index (χ0n) is 14.4. The number of amides is 1. The number of hydrogen-bond donors (Lipinski definition) is 1. The molecule has 0 spiro atoms. The van der Waals surface area contributed by atoms with Crippen LogP contribution in [0.4, 0.5) is 5.82 Å². The Morgan fingerprint density at radius 2 is 2.04 bits per heavy atom. The molecule has 0 radical (unpaired) electrons. The van der Waals surface area contributed by atoms with Crippen LogP contribution in [0.2, 0.25) is 0 Å². The van der Waals surface area contributed by atoms with Crippen LogP contribution in [0.5, 0.6) is 5.88 Å². The highest BCUT2D eigenvalue weighted by Crippen LogP contribution is 2.16. The maximum atomic E-state index is 12.2.